The number of carboxylic acid groups (broad SMARTS) is 2. The van der Waals surface area contributed by atoms with Gasteiger partial charge >= 0.3 is 36.1 Å². The van der Waals surface area contributed by atoms with E-state index in [1.807, 2.05) is 0 Å². The SMILES string of the molecule is C#CCOCCOCCOCCOCCC(=O)N(CCOCCCC(=O)O[C@@H]([C@@H]1OC(C(=O)O)=C[C@H](NC(=C)NC(=O)OC(C)(C)C)[C@H]1C)[C@H]1COC(C)(C)O1)CCOCCCC(=O)O[C@@H]([C@@H]1OC(C(=O)O)=C[C@H](NC(=C)NC(=O)OC(C)(C)C)[C@H]1NC(C)=O)[C@H]1COC(C)(C)O1. The van der Waals surface area contributed by atoms with Gasteiger partial charge in [0.15, 0.2) is 29.9 Å². The lowest BCUT2D eigenvalue weighted by molar-refractivity contribution is -0.190. The van der Waals surface area contributed by atoms with Crippen LogP contribution in [0, 0.1) is 18.3 Å². The van der Waals surface area contributed by atoms with Gasteiger partial charge in [-0.1, -0.05) is 26.0 Å². The molecule has 97 heavy (non-hydrogen) atoms. The van der Waals surface area contributed by atoms with E-state index in [0.29, 0.717) is 26.4 Å². The van der Waals surface area contributed by atoms with Crippen LogP contribution in [-0.2, 0) is 105 Å². The first kappa shape index (κ1) is 82.1. The van der Waals surface area contributed by atoms with E-state index in [4.69, 9.17) is 82.2 Å². The molecule has 7 N–H and O–H groups in total. The molecule has 10 atom stereocenters. The van der Waals surface area contributed by atoms with Crippen LogP contribution in [0.2, 0.25) is 0 Å². The van der Waals surface area contributed by atoms with Crippen molar-refractivity contribution < 1.29 is 124 Å². The summed E-state index contributed by atoms with van der Waals surface area (Å²) in [7, 11) is 0. The third kappa shape index (κ3) is 31.4. The van der Waals surface area contributed by atoms with Crippen LogP contribution in [0.1, 0.15) is 115 Å². The van der Waals surface area contributed by atoms with Gasteiger partial charge in [-0.3, -0.25) is 29.8 Å². The predicted octanol–water partition coefficient (Wildman–Crippen LogP) is 3.41. The molecule has 32 heteroatoms. The molecule has 4 amide bonds. The summed E-state index contributed by atoms with van der Waals surface area (Å²) in [5.41, 5.74) is -1.67. The molecule has 548 valence electrons. The lowest BCUT2D eigenvalue weighted by Crippen LogP contribution is -2.64. The van der Waals surface area contributed by atoms with Crippen LogP contribution in [0.15, 0.2) is 48.5 Å². The van der Waals surface area contributed by atoms with E-state index in [2.05, 4.69) is 45.7 Å². The first-order valence-electron chi connectivity index (χ1n) is 32.2. The van der Waals surface area contributed by atoms with Gasteiger partial charge < -0.3 is 107 Å². The molecule has 0 spiro atoms. The highest BCUT2D eigenvalue weighted by atomic mass is 16.8. The first-order chi connectivity index (χ1) is 45.6. The van der Waals surface area contributed by atoms with E-state index >= 15 is 0 Å². The number of esters is 2. The van der Waals surface area contributed by atoms with Crippen molar-refractivity contribution in [3.63, 3.8) is 0 Å². The van der Waals surface area contributed by atoms with Gasteiger partial charge in [0.2, 0.25) is 23.3 Å². The molecular weight excluding hydrogens is 1280 g/mol. The molecule has 2 saturated heterocycles. The second kappa shape index (κ2) is 39.9. The lowest BCUT2D eigenvalue weighted by Gasteiger charge is -2.42. The van der Waals surface area contributed by atoms with Crippen LogP contribution in [0.4, 0.5) is 9.59 Å². The molecule has 4 aliphatic heterocycles. The number of terminal acetylenes is 1. The normalized spacial score (nSPS) is 22.4. The van der Waals surface area contributed by atoms with E-state index in [9.17, 15) is 48.6 Å². The van der Waals surface area contributed by atoms with Crippen LogP contribution < -0.4 is 26.6 Å². The van der Waals surface area contributed by atoms with Crippen molar-refractivity contribution in [1.82, 2.24) is 31.5 Å². The smallest absolute Gasteiger partial charge is 0.413 e. The number of hydrogen-bond acceptors (Lipinski definition) is 26. The second-order valence-electron chi connectivity index (χ2n) is 25.8. The minimum Gasteiger partial charge on any atom is -0.479 e. The molecule has 4 aliphatic rings. The van der Waals surface area contributed by atoms with Crippen LogP contribution in [0.5, 0.6) is 0 Å². The summed E-state index contributed by atoms with van der Waals surface area (Å²) in [4.78, 5) is 106. The van der Waals surface area contributed by atoms with E-state index < -0.39 is 137 Å². The number of aliphatic carboxylic acids is 2. The van der Waals surface area contributed by atoms with Gasteiger partial charge in [-0.05, 0) is 94.2 Å². The molecule has 0 saturated carbocycles. The molecule has 0 aromatic heterocycles. The minimum absolute atomic E-state index is 0.00592. The topological polar surface area (TPSA) is 388 Å². The summed E-state index contributed by atoms with van der Waals surface area (Å²) in [6.45, 7) is 29.7. The number of rotatable bonds is 42. The van der Waals surface area contributed by atoms with Gasteiger partial charge in [0.1, 0.15) is 47.8 Å². The van der Waals surface area contributed by atoms with E-state index in [-0.39, 0.29) is 129 Å². The maximum atomic E-state index is 13.8. The number of carboxylic acids is 2. The Kier molecular flexibility index (Phi) is 33.8. The molecule has 0 bridgehead atoms. The Morgan fingerprint density at radius 2 is 1.02 bits per heavy atom. The average Bonchev–Trinajstić information content (AvgIpc) is 1.78. The summed E-state index contributed by atoms with van der Waals surface area (Å²) in [5.74, 6) is -6.73. The van der Waals surface area contributed by atoms with E-state index in [1.165, 1.54) is 24.0 Å². The molecule has 4 heterocycles. The van der Waals surface area contributed by atoms with E-state index in [0.717, 1.165) is 0 Å². The van der Waals surface area contributed by atoms with Gasteiger partial charge in [0.05, 0.1) is 97.2 Å². The monoisotopic (exact) mass is 1380 g/mol. The summed E-state index contributed by atoms with van der Waals surface area (Å²) < 4.78 is 92.3. The number of nitrogens with one attached hydrogen (secondary N) is 5. The summed E-state index contributed by atoms with van der Waals surface area (Å²) >= 11 is 0. The van der Waals surface area contributed by atoms with Crippen LogP contribution in [-0.4, -0.2) is 246 Å². The van der Waals surface area contributed by atoms with Gasteiger partial charge in [0.25, 0.3) is 0 Å². The van der Waals surface area contributed by atoms with Crippen molar-refractivity contribution in [2.45, 2.75) is 193 Å². The van der Waals surface area contributed by atoms with Gasteiger partial charge in [-0.25, -0.2) is 19.2 Å². The highest BCUT2D eigenvalue weighted by Gasteiger charge is 2.52. The maximum Gasteiger partial charge on any atom is 0.413 e. The second-order valence-corrected chi connectivity index (χ2v) is 25.8. The van der Waals surface area contributed by atoms with E-state index in [1.54, 1.807) is 76.2 Å². The molecule has 0 aromatic carbocycles. The Bertz CT molecular complexity index is 2740. The largest absolute Gasteiger partial charge is 0.479 e. The number of ether oxygens (including phenoxy) is 16. The zero-order chi connectivity index (χ0) is 72.1. The van der Waals surface area contributed by atoms with Crippen molar-refractivity contribution in [1.29, 1.82) is 0 Å². The van der Waals surface area contributed by atoms with Crippen molar-refractivity contribution in [3.8, 4) is 12.3 Å². The Morgan fingerprint density at radius 1 is 0.608 bits per heavy atom. The third-order valence-electron chi connectivity index (χ3n) is 14.2. The number of hydrogen-bond donors (Lipinski definition) is 7. The average molecular weight is 1380 g/mol. The summed E-state index contributed by atoms with van der Waals surface area (Å²) in [5, 5.41) is 33.9. The minimum atomic E-state index is -1.49. The highest BCUT2D eigenvalue weighted by molar-refractivity contribution is 5.85. The fourth-order valence-electron chi connectivity index (χ4n) is 10.0. The van der Waals surface area contributed by atoms with Crippen molar-refractivity contribution in [3.05, 3.63) is 48.5 Å². The zero-order valence-electron chi connectivity index (χ0n) is 57.9. The number of nitrogens with zero attached hydrogens (tertiary/aromatic N) is 1. The Labute approximate surface area is 567 Å². The van der Waals surface area contributed by atoms with Gasteiger partial charge in [0, 0.05) is 52.0 Å². The standard InChI is InChI=1S/C65H102N6O26/c1-16-24-82-30-32-86-34-35-87-33-31-85-27-21-50(73)71(22-28-83-25-17-19-51(74)92-55(48-38-88-64(12,13)94-48)54-40(2)44(36-46(90-54)58(76)77)66-41(3)68-60(80)96-62(6,7)8)23-29-84-26-18-20-52(75)93-56(49-39-89-65(14,15)95-49)57-53(70-43(5)72)45(37-47(91-57)59(78)79)67-42(4)69-61(81)97-63(9,10)11/h1,36-37,40,44-45,48-49,53-57,66-67H,3-4,17-35,38-39H2,2,5-15H3,(H,68,80)(H,69,81)(H,70,72)(H,76,77)(H,78,79)/t40-,44+,45+,48-,49-,53-,54-,55-,56-,57-/m1/s1. The highest BCUT2D eigenvalue weighted by Crippen LogP contribution is 2.36. The van der Waals surface area contributed by atoms with Crippen molar-refractivity contribution >= 4 is 47.9 Å². The Hall–Kier alpha value is -7.32. The maximum absolute atomic E-state index is 13.8. The third-order valence-corrected chi connectivity index (χ3v) is 14.2. The molecular formula is C65H102N6O26. The van der Waals surface area contributed by atoms with Gasteiger partial charge in [-0.2, -0.15) is 0 Å². The quantitative estimate of drug-likeness (QED) is 0.0199. The molecule has 2 fully saturated rings. The van der Waals surface area contributed by atoms with Crippen molar-refractivity contribution in [2.75, 3.05) is 106 Å². The molecule has 0 aromatic rings. The predicted molar refractivity (Wildman–Crippen MR) is 342 cm³/mol. The molecule has 0 radical (unpaired) electrons. The lowest BCUT2D eigenvalue weighted by atomic mass is 9.87. The number of alkyl carbamates (subject to hydrolysis) is 2. The molecule has 0 aliphatic carbocycles. The Morgan fingerprint density at radius 3 is 1.44 bits per heavy atom. The van der Waals surface area contributed by atoms with Crippen LogP contribution >= 0.6 is 0 Å². The first-order valence-corrected chi connectivity index (χ1v) is 32.2. The number of amides is 4. The molecule has 4 rings (SSSR count). The molecule has 0 unspecified atom stereocenters. The van der Waals surface area contributed by atoms with Crippen molar-refractivity contribution in [2.24, 2.45) is 5.92 Å². The Balaban J connectivity index is 1.37. The summed E-state index contributed by atoms with van der Waals surface area (Å²) in [6.07, 6.45) is -1.03. The zero-order valence-corrected chi connectivity index (χ0v) is 57.9. The number of carbonyl (C=O) groups excluding carboxylic acids is 6. The fraction of sp³-hybridized carbons (Fsp3) is 0.723. The fourth-order valence-corrected chi connectivity index (χ4v) is 10.0. The number of carbonyl (C=O) groups is 8. The van der Waals surface area contributed by atoms with Gasteiger partial charge in [-0.15, -0.1) is 6.42 Å². The molecule has 32 nitrogen and oxygen atoms in total. The van der Waals surface area contributed by atoms with Crippen LogP contribution in [0.25, 0.3) is 0 Å². The summed E-state index contributed by atoms with van der Waals surface area (Å²) in [6, 6.07) is -3.08. The van der Waals surface area contributed by atoms with Crippen LogP contribution in [0.3, 0.4) is 0 Å².